The summed E-state index contributed by atoms with van der Waals surface area (Å²) in [5.41, 5.74) is 5.43. The van der Waals surface area contributed by atoms with Crippen LogP contribution in [0.3, 0.4) is 0 Å². The van der Waals surface area contributed by atoms with Crippen LogP contribution in [0, 0.1) is 0 Å². The average molecular weight is 378 g/mol. The molecule has 26 heavy (non-hydrogen) atoms. The van der Waals surface area contributed by atoms with Crippen LogP contribution < -0.4 is 5.73 Å². The second-order valence-corrected chi connectivity index (χ2v) is 8.73. The molecule has 2 aliphatic heterocycles. The number of hydrogen-bond donors (Lipinski definition) is 1. The Bertz CT molecular complexity index is 683. The Morgan fingerprint density at radius 3 is 2.81 bits per heavy atom. The first-order chi connectivity index (χ1) is 12.6. The van der Waals surface area contributed by atoms with E-state index in [9.17, 15) is 9.59 Å². The normalized spacial score (nSPS) is 25.2. The predicted octanol–water partition coefficient (Wildman–Crippen LogP) is 2.16. The number of likely N-dealkylation sites (tertiary alicyclic amines) is 1. The van der Waals surface area contributed by atoms with Gasteiger partial charge in [-0.2, -0.15) is 0 Å². The van der Waals surface area contributed by atoms with Gasteiger partial charge in [-0.25, -0.2) is 0 Å². The van der Waals surface area contributed by atoms with Crippen LogP contribution in [0.15, 0.2) is 12.1 Å². The van der Waals surface area contributed by atoms with Crippen LogP contribution in [0.5, 0.6) is 0 Å². The Morgan fingerprint density at radius 1 is 1.23 bits per heavy atom. The highest BCUT2D eigenvalue weighted by molar-refractivity contribution is 7.14. The van der Waals surface area contributed by atoms with E-state index in [1.165, 1.54) is 24.2 Å². The van der Waals surface area contributed by atoms with Crippen molar-refractivity contribution in [1.29, 1.82) is 0 Å². The number of carbonyl (C=O) groups excluding carboxylic acids is 2. The summed E-state index contributed by atoms with van der Waals surface area (Å²) < 4.78 is 6.04. The third-order valence-corrected chi connectivity index (χ3v) is 7.14. The van der Waals surface area contributed by atoms with Crippen molar-refractivity contribution in [3.8, 4) is 0 Å². The van der Waals surface area contributed by atoms with Gasteiger partial charge in [0.2, 0.25) is 5.91 Å². The van der Waals surface area contributed by atoms with Crippen molar-refractivity contribution in [3.63, 3.8) is 0 Å². The molecule has 0 aromatic carbocycles. The number of amides is 2. The molecule has 0 bridgehead atoms. The van der Waals surface area contributed by atoms with E-state index < -0.39 is 0 Å². The molecule has 1 aliphatic carbocycles. The molecule has 2 N–H and O–H groups in total. The third kappa shape index (κ3) is 3.28. The topological polar surface area (TPSA) is 75.9 Å². The number of nitrogens with two attached hydrogens (primary N) is 1. The third-order valence-electron chi connectivity index (χ3n) is 5.96. The summed E-state index contributed by atoms with van der Waals surface area (Å²) >= 11 is 1.53. The summed E-state index contributed by atoms with van der Waals surface area (Å²) in [6, 6.07) is 4.00. The Morgan fingerprint density at radius 2 is 2.04 bits per heavy atom. The number of ether oxygens (including phenoxy) is 1. The summed E-state index contributed by atoms with van der Waals surface area (Å²) in [5, 5.41) is 0. The fraction of sp³-hybridized carbons (Fsp3) is 0.684. The van der Waals surface area contributed by atoms with Crippen molar-refractivity contribution >= 4 is 23.2 Å². The van der Waals surface area contributed by atoms with Crippen molar-refractivity contribution in [3.05, 3.63) is 21.9 Å². The minimum absolute atomic E-state index is 0.00914. The second kappa shape index (κ2) is 7.29. The molecule has 2 saturated heterocycles. The fourth-order valence-electron chi connectivity index (χ4n) is 4.62. The standard InChI is InChI=1S/C19H27N3O3S/c20-12-17(23)22-9-3-4-14(22)15-5-6-16(26-15)18(24)21-10-11-25-19(13-21)7-1-2-8-19/h5-6,14H,1-4,7-13,20H2. The van der Waals surface area contributed by atoms with Crippen LogP contribution in [0.4, 0.5) is 0 Å². The lowest BCUT2D eigenvalue weighted by Crippen LogP contribution is -2.52. The van der Waals surface area contributed by atoms with Crippen molar-refractivity contribution < 1.29 is 14.3 Å². The Kier molecular flexibility index (Phi) is 5.03. The maximum Gasteiger partial charge on any atom is 0.264 e. The molecule has 142 valence electrons. The Hall–Kier alpha value is -1.44. The fourth-order valence-corrected chi connectivity index (χ4v) is 5.74. The molecule has 1 saturated carbocycles. The number of hydrogen-bond acceptors (Lipinski definition) is 5. The molecule has 2 amide bonds. The monoisotopic (exact) mass is 377 g/mol. The molecule has 1 spiro atoms. The molecule has 7 heteroatoms. The highest BCUT2D eigenvalue weighted by Gasteiger charge is 2.41. The Balaban J connectivity index is 1.47. The van der Waals surface area contributed by atoms with E-state index >= 15 is 0 Å². The van der Waals surface area contributed by atoms with E-state index in [-0.39, 0.29) is 30.0 Å². The van der Waals surface area contributed by atoms with Gasteiger partial charge in [-0.05, 0) is 37.8 Å². The number of nitrogens with zero attached hydrogens (tertiary/aromatic N) is 2. The molecular formula is C19H27N3O3S. The largest absolute Gasteiger partial charge is 0.371 e. The van der Waals surface area contributed by atoms with E-state index in [0.717, 1.165) is 42.0 Å². The zero-order chi connectivity index (χ0) is 18.1. The maximum atomic E-state index is 13.0. The van der Waals surface area contributed by atoms with Gasteiger partial charge in [-0.15, -0.1) is 11.3 Å². The van der Waals surface area contributed by atoms with Crippen LogP contribution in [-0.2, 0) is 9.53 Å². The minimum atomic E-state index is -0.107. The van der Waals surface area contributed by atoms with Gasteiger partial charge in [0.15, 0.2) is 0 Å². The molecular weight excluding hydrogens is 350 g/mol. The smallest absolute Gasteiger partial charge is 0.264 e. The van der Waals surface area contributed by atoms with Gasteiger partial charge in [0.1, 0.15) is 0 Å². The molecule has 6 nitrogen and oxygen atoms in total. The average Bonchev–Trinajstić information content (AvgIpc) is 3.40. The van der Waals surface area contributed by atoms with Crippen LogP contribution in [0.2, 0.25) is 0 Å². The van der Waals surface area contributed by atoms with Gasteiger partial charge >= 0.3 is 0 Å². The lowest BCUT2D eigenvalue weighted by atomic mass is 9.99. The lowest BCUT2D eigenvalue weighted by Gasteiger charge is -2.40. The van der Waals surface area contributed by atoms with Gasteiger partial charge in [-0.1, -0.05) is 12.8 Å². The number of thiophene rings is 1. The van der Waals surface area contributed by atoms with Gasteiger partial charge in [0, 0.05) is 18.0 Å². The zero-order valence-electron chi connectivity index (χ0n) is 15.1. The first-order valence-corrected chi connectivity index (χ1v) is 10.5. The molecule has 1 aromatic rings. The van der Waals surface area contributed by atoms with Gasteiger partial charge in [0.05, 0.1) is 36.2 Å². The summed E-state index contributed by atoms with van der Waals surface area (Å²) in [6.07, 6.45) is 6.44. The van der Waals surface area contributed by atoms with Crippen LogP contribution >= 0.6 is 11.3 Å². The Labute approximate surface area is 158 Å². The molecule has 1 atom stereocenters. The van der Waals surface area contributed by atoms with Crippen molar-refractivity contribution in [1.82, 2.24) is 9.80 Å². The minimum Gasteiger partial charge on any atom is -0.371 e. The van der Waals surface area contributed by atoms with E-state index in [0.29, 0.717) is 19.7 Å². The van der Waals surface area contributed by atoms with Crippen molar-refractivity contribution in [2.75, 3.05) is 32.8 Å². The maximum absolute atomic E-state index is 13.0. The van der Waals surface area contributed by atoms with Crippen molar-refractivity contribution in [2.24, 2.45) is 5.73 Å². The number of rotatable bonds is 3. The molecule has 3 aliphatic rings. The molecule has 4 rings (SSSR count). The summed E-state index contributed by atoms with van der Waals surface area (Å²) in [4.78, 5) is 30.7. The SMILES string of the molecule is NCC(=O)N1CCCC1c1ccc(C(=O)N2CCOC3(CCCC3)C2)s1. The summed E-state index contributed by atoms with van der Waals surface area (Å²) in [5.74, 6) is 0.0932. The van der Waals surface area contributed by atoms with E-state index in [4.69, 9.17) is 10.5 Å². The predicted molar refractivity (Wildman–Crippen MR) is 100 cm³/mol. The molecule has 0 radical (unpaired) electrons. The van der Waals surface area contributed by atoms with Gasteiger partial charge < -0.3 is 20.3 Å². The highest BCUT2D eigenvalue weighted by atomic mass is 32.1. The van der Waals surface area contributed by atoms with Crippen LogP contribution in [-0.4, -0.2) is 60.0 Å². The first kappa shape index (κ1) is 17.9. The summed E-state index contributed by atoms with van der Waals surface area (Å²) in [6.45, 7) is 2.80. The number of carbonyl (C=O) groups is 2. The molecule has 3 fully saturated rings. The van der Waals surface area contributed by atoms with Gasteiger partial charge in [-0.3, -0.25) is 9.59 Å². The molecule has 1 unspecified atom stereocenters. The van der Waals surface area contributed by atoms with E-state index in [1.54, 1.807) is 0 Å². The van der Waals surface area contributed by atoms with Crippen molar-refractivity contribution in [2.45, 2.75) is 50.2 Å². The second-order valence-electron chi connectivity index (χ2n) is 7.62. The molecule has 3 heterocycles. The first-order valence-electron chi connectivity index (χ1n) is 9.64. The van der Waals surface area contributed by atoms with Gasteiger partial charge in [0.25, 0.3) is 5.91 Å². The molecule has 1 aromatic heterocycles. The van der Waals surface area contributed by atoms with E-state index in [2.05, 4.69) is 0 Å². The highest BCUT2D eigenvalue weighted by Crippen LogP contribution is 2.38. The lowest BCUT2D eigenvalue weighted by molar-refractivity contribution is -0.130. The van der Waals surface area contributed by atoms with Crippen LogP contribution in [0.25, 0.3) is 0 Å². The number of morpholine rings is 1. The quantitative estimate of drug-likeness (QED) is 0.876. The van der Waals surface area contributed by atoms with E-state index in [1.807, 2.05) is 21.9 Å². The van der Waals surface area contributed by atoms with Crippen LogP contribution in [0.1, 0.15) is 59.1 Å². The summed E-state index contributed by atoms with van der Waals surface area (Å²) in [7, 11) is 0. The zero-order valence-corrected chi connectivity index (χ0v) is 15.9.